The van der Waals surface area contributed by atoms with E-state index in [9.17, 15) is 0 Å². The third kappa shape index (κ3) is 3.07. The molecule has 1 aliphatic rings. The van der Waals surface area contributed by atoms with Gasteiger partial charge in [-0.05, 0) is 48.7 Å². The molecule has 1 N–H and O–H groups in total. The lowest BCUT2D eigenvalue weighted by Crippen LogP contribution is -2.18. The fourth-order valence-corrected chi connectivity index (χ4v) is 3.98. The summed E-state index contributed by atoms with van der Waals surface area (Å²) in [6, 6.07) is 10.2. The Labute approximate surface area is 144 Å². The molecule has 0 spiro atoms. The van der Waals surface area contributed by atoms with Crippen molar-refractivity contribution in [3.05, 3.63) is 36.7 Å². The number of thiophene rings is 1. The van der Waals surface area contributed by atoms with Crippen molar-refractivity contribution in [3.8, 4) is 16.2 Å². The first-order chi connectivity index (χ1) is 11.8. The van der Waals surface area contributed by atoms with E-state index in [-0.39, 0.29) is 6.10 Å². The zero-order valence-corrected chi connectivity index (χ0v) is 14.3. The van der Waals surface area contributed by atoms with Crippen molar-refractivity contribution in [2.75, 3.05) is 25.6 Å². The highest BCUT2D eigenvalue weighted by molar-refractivity contribution is 7.22. The van der Waals surface area contributed by atoms with Gasteiger partial charge in [0, 0.05) is 18.0 Å². The first-order valence-electron chi connectivity index (χ1n) is 8.08. The zero-order chi connectivity index (χ0) is 16.4. The summed E-state index contributed by atoms with van der Waals surface area (Å²) in [6.07, 6.45) is 4.16. The molecule has 124 valence electrons. The summed E-state index contributed by atoms with van der Waals surface area (Å²) in [4.78, 5) is 9.99. The third-order valence-corrected chi connectivity index (χ3v) is 5.39. The number of fused-ring (bicyclic) bond motifs is 1. The molecule has 1 aromatic carbocycles. The van der Waals surface area contributed by atoms with Gasteiger partial charge in [-0.1, -0.05) is 0 Å². The second kappa shape index (κ2) is 6.75. The molecule has 1 aliphatic heterocycles. The van der Waals surface area contributed by atoms with E-state index in [1.807, 2.05) is 12.1 Å². The molecule has 2 aromatic heterocycles. The predicted octanol–water partition coefficient (Wildman–Crippen LogP) is 3.96. The molecule has 3 heterocycles. The Morgan fingerprint density at radius 3 is 2.92 bits per heavy atom. The number of nitrogens with one attached hydrogen (secondary N) is 1. The average Bonchev–Trinajstić information content (AvgIpc) is 3.29. The van der Waals surface area contributed by atoms with E-state index >= 15 is 0 Å². The van der Waals surface area contributed by atoms with E-state index in [1.54, 1.807) is 24.8 Å². The normalized spacial score (nSPS) is 17.3. The first kappa shape index (κ1) is 15.4. The smallest absolute Gasteiger partial charge is 0.147 e. The van der Waals surface area contributed by atoms with Crippen molar-refractivity contribution in [1.29, 1.82) is 0 Å². The summed E-state index contributed by atoms with van der Waals surface area (Å²) >= 11 is 1.70. The summed E-state index contributed by atoms with van der Waals surface area (Å²) < 4.78 is 12.0. The lowest BCUT2D eigenvalue weighted by molar-refractivity contribution is 0.120. The Morgan fingerprint density at radius 2 is 2.17 bits per heavy atom. The van der Waals surface area contributed by atoms with Crippen LogP contribution in [0, 0.1) is 0 Å². The number of anilines is 1. The molecule has 0 bridgehead atoms. The van der Waals surface area contributed by atoms with Crippen LogP contribution in [-0.2, 0) is 4.74 Å². The first-order valence-corrected chi connectivity index (χ1v) is 8.89. The van der Waals surface area contributed by atoms with E-state index in [0.717, 1.165) is 53.3 Å². The Hall–Kier alpha value is -2.18. The summed E-state index contributed by atoms with van der Waals surface area (Å²) in [6.45, 7) is 1.66. The minimum Gasteiger partial charge on any atom is -0.497 e. The number of aromatic nitrogens is 2. The lowest BCUT2D eigenvalue weighted by atomic mass is 10.2. The maximum Gasteiger partial charge on any atom is 0.147 e. The van der Waals surface area contributed by atoms with E-state index in [4.69, 9.17) is 9.47 Å². The van der Waals surface area contributed by atoms with Crippen molar-refractivity contribution >= 4 is 27.4 Å². The molecule has 0 saturated carbocycles. The van der Waals surface area contributed by atoms with Crippen molar-refractivity contribution in [3.63, 3.8) is 0 Å². The zero-order valence-electron chi connectivity index (χ0n) is 13.5. The van der Waals surface area contributed by atoms with Crippen LogP contribution in [0.4, 0.5) is 5.82 Å². The molecule has 0 aliphatic carbocycles. The summed E-state index contributed by atoms with van der Waals surface area (Å²) in [5, 5.41) is 3.43. The molecule has 6 heteroatoms. The molecule has 3 aromatic rings. The summed E-state index contributed by atoms with van der Waals surface area (Å²) in [5.41, 5.74) is 2.12. The molecule has 24 heavy (non-hydrogen) atoms. The van der Waals surface area contributed by atoms with Gasteiger partial charge < -0.3 is 14.8 Å². The highest BCUT2D eigenvalue weighted by atomic mass is 32.1. The number of nitrogens with zero attached hydrogens (tertiary/aromatic N) is 2. The van der Waals surface area contributed by atoms with Crippen molar-refractivity contribution in [2.24, 2.45) is 0 Å². The van der Waals surface area contributed by atoms with Crippen LogP contribution in [0.1, 0.15) is 12.8 Å². The summed E-state index contributed by atoms with van der Waals surface area (Å²) in [7, 11) is 1.68. The molecule has 5 nitrogen and oxygen atoms in total. The number of ether oxygens (including phenoxy) is 2. The van der Waals surface area contributed by atoms with Gasteiger partial charge in [-0.2, -0.15) is 0 Å². The van der Waals surface area contributed by atoms with Gasteiger partial charge in [0.1, 0.15) is 17.9 Å². The maximum absolute atomic E-state index is 5.67. The molecule has 0 amide bonds. The molecule has 1 saturated heterocycles. The molecule has 0 radical (unpaired) electrons. The van der Waals surface area contributed by atoms with Crippen LogP contribution in [0.25, 0.3) is 20.7 Å². The van der Waals surface area contributed by atoms with Crippen LogP contribution in [-0.4, -0.2) is 36.3 Å². The van der Waals surface area contributed by atoms with Gasteiger partial charge in [0.05, 0.1) is 23.4 Å². The second-order valence-corrected chi connectivity index (χ2v) is 6.84. The van der Waals surface area contributed by atoms with Gasteiger partial charge >= 0.3 is 0 Å². The van der Waals surface area contributed by atoms with E-state index in [2.05, 4.69) is 33.5 Å². The van der Waals surface area contributed by atoms with Crippen LogP contribution >= 0.6 is 11.3 Å². The number of benzene rings is 1. The minimum absolute atomic E-state index is 0.288. The van der Waals surface area contributed by atoms with Gasteiger partial charge in [0.25, 0.3) is 0 Å². The van der Waals surface area contributed by atoms with Gasteiger partial charge in [0.2, 0.25) is 0 Å². The lowest BCUT2D eigenvalue weighted by Gasteiger charge is -2.11. The largest absolute Gasteiger partial charge is 0.497 e. The highest BCUT2D eigenvalue weighted by Gasteiger charge is 2.16. The molecular weight excluding hydrogens is 322 g/mol. The van der Waals surface area contributed by atoms with Gasteiger partial charge in [-0.25, -0.2) is 9.97 Å². The monoisotopic (exact) mass is 341 g/mol. The van der Waals surface area contributed by atoms with Crippen molar-refractivity contribution in [2.45, 2.75) is 18.9 Å². The maximum atomic E-state index is 5.67. The second-order valence-electron chi connectivity index (χ2n) is 5.79. The number of hydrogen-bond acceptors (Lipinski definition) is 6. The molecule has 1 unspecified atom stereocenters. The molecular formula is C18H19N3O2S. The van der Waals surface area contributed by atoms with Gasteiger partial charge in [-0.15, -0.1) is 11.3 Å². The van der Waals surface area contributed by atoms with E-state index < -0.39 is 0 Å². The molecule has 1 atom stereocenters. The SMILES string of the molecule is COc1ccc(-c2cc3ncnc(NCC4CCCO4)c3s2)cc1. The molecule has 1 fully saturated rings. The van der Waals surface area contributed by atoms with Crippen LogP contribution in [0.15, 0.2) is 36.7 Å². The Bertz CT molecular complexity index is 826. The fourth-order valence-electron chi connectivity index (χ4n) is 2.89. The minimum atomic E-state index is 0.288. The predicted molar refractivity (Wildman–Crippen MR) is 96.9 cm³/mol. The van der Waals surface area contributed by atoms with Gasteiger partial charge in [0.15, 0.2) is 0 Å². The average molecular weight is 341 g/mol. The molecule has 4 rings (SSSR count). The number of hydrogen-bond donors (Lipinski definition) is 1. The topological polar surface area (TPSA) is 56.3 Å². The van der Waals surface area contributed by atoms with Crippen LogP contribution in [0.5, 0.6) is 5.75 Å². The fraction of sp³-hybridized carbons (Fsp3) is 0.333. The number of methoxy groups -OCH3 is 1. The van der Waals surface area contributed by atoms with Crippen LogP contribution < -0.4 is 10.1 Å². The standard InChI is InChI=1S/C18H19N3O2S/c1-22-13-6-4-12(5-7-13)16-9-15-17(24-16)18(21-11-20-15)19-10-14-3-2-8-23-14/h4-7,9,11,14H,2-3,8,10H2,1H3,(H,19,20,21). The number of rotatable bonds is 5. The third-order valence-electron chi connectivity index (χ3n) is 4.21. The van der Waals surface area contributed by atoms with Crippen LogP contribution in [0.3, 0.4) is 0 Å². The quantitative estimate of drug-likeness (QED) is 0.761. The van der Waals surface area contributed by atoms with E-state index in [1.165, 1.54) is 4.88 Å². The van der Waals surface area contributed by atoms with Crippen LogP contribution in [0.2, 0.25) is 0 Å². The van der Waals surface area contributed by atoms with Crippen molar-refractivity contribution in [1.82, 2.24) is 9.97 Å². The van der Waals surface area contributed by atoms with Crippen molar-refractivity contribution < 1.29 is 9.47 Å². The summed E-state index contributed by atoms with van der Waals surface area (Å²) in [5.74, 6) is 1.75. The van der Waals surface area contributed by atoms with E-state index in [0.29, 0.717) is 0 Å². The Kier molecular flexibility index (Phi) is 4.32. The Balaban J connectivity index is 1.60. The van der Waals surface area contributed by atoms with Gasteiger partial charge in [-0.3, -0.25) is 0 Å². The highest BCUT2D eigenvalue weighted by Crippen LogP contribution is 2.36. The Morgan fingerprint density at radius 1 is 1.29 bits per heavy atom.